The van der Waals surface area contributed by atoms with Crippen molar-refractivity contribution in [1.82, 2.24) is 10.2 Å². The monoisotopic (exact) mass is 324 g/mol. The van der Waals surface area contributed by atoms with Crippen molar-refractivity contribution in [3.8, 4) is 5.75 Å². The van der Waals surface area contributed by atoms with Crippen molar-refractivity contribution in [2.45, 2.75) is 31.5 Å². The van der Waals surface area contributed by atoms with Crippen molar-refractivity contribution in [1.29, 1.82) is 0 Å². The minimum absolute atomic E-state index is 0.00000567. The van der Waals surface area contributed by atoms with Crippen LogP contribution < -0.4 is 10.1 Å². The van der Waals surface area contributed by atoms with E-state index in [1.54, 1.807) is 7.11 Å². The highest BCUT2D eigenvalue weighted by Crippen LogP contribution is 2.35. The third-order valence-corrected chi connectivity index (χ3v) is 4.57. The van der Waals surface area contributed by atoms with E-state index in [2.05, 4.69) is 26.1 Å². The van der Waals surface area contributed by atoms with Crippen LogP contribution in [0.2, 0.25) is 0 Å². The molecule has 2 saturated heterocycles. The van der Waals surface area contributed by atoms with E-state index in [-0.39, 0.29) is 18.1 Å². The maximum absolute atomic E-state index is 12.0. The van der Waals surface area contributed by atoms with Crippen molar-refractivity contribution < 1.29 is 9.53 Å². The zero-order chi connectivity index (χ0) is 13.4. The molecule has 0 radical (unpaired) electrons. The Morgan fingerprint density at radius 3 is 3.00 bits per heavy atom. The van der Waals surface area contributed by atoms with Gasteiger partial charge < -0.3 is 10.1 Å². The molecule has 2 fully saturated rings. The van der Waals surface area contributed by atoms with E-state index in [0.717, 1.165) is 35.2 Å². The Labute approximate surface area is 121 Å². The number of nitrogens with zero attached hydrogens (tertiary/aromatic N) is 1. The average Bonchev–Trinajstić information content (AvgIpc) is 2.77. The maximum Gasteiger partial charge on any atom is 0.238 e. The molecule has 1 amide bonds. The summed E-state index contributed by atoms with van der Waals surface area (Å²) < 4.78 is 6.16. The molecule has 1 aromatic carbocycles. The molecule has 0 aromatic heterocycles. The van der Waals surface area contributed by atoms with Crippen LogP contribution >= 0.6 is 15.9 Å². The lowest BCUT2D eigenvalue weighted by Gasteiger charge is -2.31. The molecule has 2 heterocycles. The highest BCUT2D eigenvalue weighted by atomic mass is 79.9. The predicted molar refractivity (Wildman–Crippen MR) is 75.9 cm³/mol. The number of carbonyl (C=O) groups excluding carboxylic acids is 1. The summed E-state index contributed by atoms with van der Waals surface area (Å²) in [7, 11) is 1.65. The van der Waals surface area contributed by atoms with Crippen LogP contribution in [0.4, 0.5) is 0 Å². The Bertz CT molecular complexity index is 506. The first-order valence-corrected chi connectivity index (χ1v) is 7.39. The van der Waals surface area contributed by atoms with Gasteiger partial charge in [0.1, 0.15) is 11.9 Å². The molecule has 3 rings (SSSR count). The number of piperidine rings is 1. The van der Waals surface area contributed by atoms with Gasteiger partial charge in [0, 0.05) is 6.54 Å². The van der Waals surface area contributed by atoms with Crippen LogP contribution in [0.3, 0.4) is 0 Å². The molecule has 0 bridgehead atoms. The molecule has 2 aliphatic rings. The van der Waals surface area contributed by atoms with Crippen LogP contribution in [0.1, 0.15) is 31.0 Å². The number of hydrogen-bond acceptors (Lipinski definition) is 3. The smallest absolute Gasteiger partial charge is 0.238 e. The molecule has 0 aliphatic carbocycles. The van der Waals surface area contributed by atoms with E-state index >= 15 is 0 Å². The van der Waals surface area contributed by atoms with Gasteiger partial charge in [-0.05, 0) is 46.5 Å². The lowest BCUT2D eigenvalue weighted by molar-refractivity contribution is -0.122. The summed E-state index contributed by atoms with van der Waals surface area (Å²) in [4.78, 5) is 14.3. The third-order valence-electron chi connectivity index (χ3n) is 3.95. The summed E-state index contributed by atoms with van der Waals surface area (Å²) in [6.45, 7) is 0.984. The van der Waals surface area contributed by atoms with Crippen molar-refractivity contribution in [2.24, 2.45) is 0 Å². The van der Waals surface area contributed by atoms with Gasteiger partial charge in [-0.2, -0.15) is 0 Å². The van der Waals surface area contributed by atoms with Gasteiger partial charge in [-0.15, -0.1) is 0 Å². The summed E-state index contributed by atoms with van der Waals surface area (Å²) in [6.07, 6.45) is 3.28. The average molecular weight is 325 g/mol. The Morgan fingerprint density at radius 2 is 2.26 bits per heavy atom. The molecule has 19 heavy (non-hydrogen) atoms. The SMILES string of the molecule is COc1ccc([C@H]2NC(=O)[C@H]3CCCCN32)cc1Br. The molecule has 0 spiro atoms. The highest BCUT2D eigenvalue weighted by molar-refractivity contribution is 9.10. The van der Waals surface area contributed by atoms with Gasteiger partial charge in [0.25, 0.3) is 0 Å². The number of carbonyl (C=O) groups is 1. The molecule has 2 aliphatic heterocycles. The number of ether oxygens (including phenoxy) is 1. The van der Waals surface area contributed by atoms with Gasteiger partial charge in [0.05, 0.1) is 17.6 Å². The van der Waals surface area contributed by atoms with E-state index in [4.69, 9.17) is 4.74 Å². The van der Waals surface area contributed by atoms with Crippen LogP contribution in [-0.2, 0) is 4.79 Å². The van der Waals surface area contributed by atoms with Gasteiger partial charge in [-0.3, -0.25) is 9.69 Å². The number of rotatable bonds is 2. The van der Waals surface area contributed by atoms with E-state index in [1.165, 1.54) is 6.42 Å². The number of nitrogens with one attached hydrogen (secondary N) is 1. The Balaban J connectivity index is 1.89. The zero-order valence-electron chi connectivity index (χ0n) is 10.9. The molecule has 1 N–H and O–H groups in total. The van der Waals surface area contributed by atoms with Gasteiger partial charge in [-0.1, -0.05) is 12.5 Å². The topological polar surface area (TPSA) is 41.6 Å². The third kappa shape index (κ3) is 2.25. The van der Waals surface area contributed by atoms with Crippen molar-refractivity contribution >= 4 is 21.8 Å². The predicted octanol–water partition coefficient (Wildman–Crippen LogP) is 2.44. The van der Waals surface area contributed by atoms with E-state index in [0.29, 0.717) is 0 Å². The second kappa shape index (κ2) is 5.13. The van der Waals surface area contributed by atoms with Gasteiger partial charge >= 0.3 is 0 Å². The van der Waals surface area contributed by atoms with Gasteiger partial charge in [0.2, 0.25) is 5.91 Å². The first-order valence-electron chi connectivity index (χ1n) is 6.60. The summed E-state index contributed by atoms with van der Waals surface area (Å²) in [5.41, 5.74) is 1.10. The van der Waals surface area contributed by atoms with Crippen molar-refractivity contribution in [3.63, 3.8) is 0 Å². The molecule has 0 unspecified atom stereocenters. The molecule has 2 atom stereocenters. The fourth-order valence-corrected chi connectivity index (χ4v) is 3.54. The Morgan fingerprint density at radius 1 is 1.42 bits per heavy atom. The fourth-order valence-electron chi connectivity index (χ4n) is 2.99. The first kappa shape index (κ1) is 12.9. The molecular weight excluding hydrogens is 308 g/mol. The summed E-state index contributed by atoms with van der Waals surface area (Å²) in [6, 6.07) is 6.04. The van der Waals surface area contributed by atoms with Crippen LogP contribution in [0.5, 0.6) is 5.75 Å². The number of fused-ring (bicyclic) bond motifs is 1. The van der Waals surface area contributed by atoms with E-state index < -0.39 is 0 Å². The highest BCUT2D eigenvalue weighted by Gasteiger charge is 2.41. The molecular formula is C14H17BrN2O2. The second-order valence-electron chi connectivity index (χ2n) is 5.05. The van der Waals surface area contributed by atoms with Crippen molar-refractivity contribution in [2.75, 3.05) is 13.7 Å². The normalized spacial score (nSPS) is 26.9. The Hall–Kier alpha value is -1.07. The lowest BCUT2D eigenvalue weighted by Crippen LogP contribution is -2.38. The maximum atomic E-state index is 12.0. The summed E-state index contributed by atoms with van der Waals surface area (Å²) >= 11 is 3.50. The number of amides is 1. The van der Waals surface area contributed by atoms with E-state index in [9.17, 15) is 4.79 Å². The zero-order valence-corrected chi connectivity index (χ0v) is 12.4. The molecule has 102 valence electrons. The molecule has 1 aromatic rings. The fraction of sp³-hybridized carbons (Fsp3) is 0.500. The Kier molecular flexibility index (Phi) is 3.50. The molecule has 5 heteroatoms. The van der Waals surface area contributed by atoms with E-state index in [1.807, 2.05) is 18.2 Å². The summed E-state index contributed by atoms with van der Waals surface area (Å²) in [5.74, 6) is 0.972. The minimum Gasteiger partial charge on any atom is -0.496 e. The van der Waals surface area contributed by atoms with Crippen LogP contribution in [0.15, 0.2) is 22.7 Å². The number of methoxy groups -OCH3 is 1. The van der Waals surface area contributed by atoms with Crippen LogP contribution in [0.25, 0.3) is 0 Å². The lowest BCUT2D eigenvalue weighted by atomic mass is 10.0. The minimum atomic E-state index is 0.00000567. The number of halogens is 1. The quantitative estimate of drug-likeness (QED) is 0.908. The van der Waals surface area contributed by atoms with Gasteiger partial charge in [0.15, 0.2) is 0 Å². The summed E-state index contributed by atoms with van der Waals surface area (Å²) in [5, 5.41) is 3.10. The number of hydrogen-bond donors (Lipinski definition) is 1. The largest absolute Gasteiger partial charge is 0.496 e. The van der Waals surface area contributed by atoms with Gasteiger partial charge in [-0.25, -0.2) is 0 Å². The molecule has 4 nitrogen and oxygen atoms in total. The first-order chi connectivity index (χ1) is 9.20. The second-order valence-corrected chi connectivity index (χ2v) is 5.91. The van der Waals surface area contributed by atoms with Crippen molar-refractivity contribution in [3.05, 3.63) is 28.2 Å². The van der Waals surface area contributed by atoms with Crippen LogP contribution in [-0.4, -0.2) is 30.5 Å². The van der Waals surface area contributed by atoms with Crippen LogP contribution in [0, 0.1) is 0 Å². The molecule has 0 saturated carbocycles. The number of benzene rings is 1. The standard InChI is InChI=1S/C14H17BrN2O2/c1-19-12-6-5-9(8-10(12)15)13-16-14(18)11-4-2-3-7-17(11)13/h5-6,8,11,13H,2-4,7H2,1H3,(H,16,18)/t11-,13+/m1/s1.